The molecule has 0 aliphatic carbocycles. The topological polar surface area (TPSA) is 80.2 Å². The van der Waals surface area contributed by atoms with Crippen molar-refractivity contribution in [2.45, 2.75) is 26.0 Å². The summed E-state index contributed by atoms with van der Waals surface area (Å²) in [6.45, 7) is 3.78. The van der Waals surface area contributed by atoms with Gasteiger partial charge in [-0.1, -0.05) is 0 Å². The van der Waals surface area contributed by atoms with E-state index in [4.69, 9.17) is 4.42 Å². The number of rotatable bonds is 5. The van der Waals surface area contributed by atoms with E-state index in [0.717, 1.165) is 11.4 Å². The van der Waals surface area contributed by atoms with Crippen molar-refractivity contribution in [1.82, 2.24) is 19.7 Å². The van der Waals surface area contributed by atoms with Crippen molar-refractivity contribution >= 4 is 5.82 Å². The number of nitrogens with zero attached hydrogens (tertiary/aromatic N) is 5. The maximum absolute atomic E-state index is 10.2. The van der Waals surface area contributed by atoms with Crippen LogP contribution in [0, 0.1) is 0 Å². The second kappa shape index (κ2) is 6.09. The zero-order valence-corrected chi connectivity index (χ0v) is 14.3. The summed E-state index contributed by atoms with van der Waals surface area (Å²) in [5.41, 5.74) is -0.0879. The van der Waals surface area contributed by atoms with Crippen LogP contribution in [0.1, 0.15) is 13.8 Å². The summed E-state index contributed by atoms with van der Waals surface area (Å²) in [7, 11) is 3.88. The molecule has 0 aliphatic rings. The number of furan rings is 1. The Labute approximate surface area is 140 Å². The van der Waals surface area contributed by atoms with Crippen LogP contribution in [0.5, 0.6) is 0 Å². The Hall–Kier alpha value is -2.67. The summed E-state index contributed by atoms with van der Waals surface area (Å²) in [6.07, 6.45) is 3.34. The van der Waals surface area contributed by atoms with Crippen molar-refractivity contribution in [2.24, 2.45) is 0 Å². The van der Waals surface area contributed by atoms with Gasteiger partial charge in [-0.3, -0.25) is 0 Å². The minimum absolute atomic E-state index is 0.311. The van der Waals surface area contributed by atoms with E-state index in [9.17, 15) is 5.11 Å². The molecule has 24 heavy (non-hydrogen) atoms. The Morgan fingerprint density at radius 3 is 2.58 bits per heavy atom. The van der Waals surface area contributed by atoms with Crippen molar-refractivity contribution in [2.75, 3.05) is 19.0 Å². The maximum atomic E-state index is 10.2. The van der Waals surface area contributed by atoms with Gasteiger partial charge in [0.25, 0.3) is 0 Å². The number of pyridine rings is 1. The SMILES string of the molecule is CN(C)c1ccc(-c2nc(-c3ccco3)nn2CC(C)(C)O)cn1. The fourth-order valence-electron chi connectivity index (χ4n) is 2.33. The van der Waals surface area contributed by atoms with Crippen LogP contribution in [0.2, 0.25) is 0 Å². The summed E-state index contributed by atoms with van der Waals surface area (Å²) in [5, 5.41) is 14.7. The fourth-order valence-corrected chi connectivity index (χ4v) is 2.33. The summed E-state index contributed by atoms with van der Waals surface area (Å²) in [6, 6.07) is 7.46. The molecule has 0 atom stereocenters. The molecule has 0 radical (unpaired) electrons. The highest BCUT2D eigenvalue weighted by molar-refractivity contribution is 5.60. The molecule has 3 rings (SSSR count). The molecule has 3 aromatic heterocycles. The van der Waals surface area contributed by atoms with Gasteiger partial charge in [0.1, 0.15) is 5.82 Å². The van der Waals surface area contributed by atoms with Gasteiger partial charge in [-0.2, -0.15) is 0 Å². The summed E-state index contributed by atoms with van der Waals surface area (Å²) < 4.78 is 7.07. The van der Waals surface area contributed by atoms with Gasteiger partial charge in [-0.25, -0.2) is 14.6 Å². The summed E-state index contributed by atoms with van der Waals surface area (Å²) in [5.74, 6) is 2.57. The molecule has 3 aromatic rings. The van der Waals surface area contributed by atoms with Crippen LogP contribution in [0.4, 0.5) is 5.82 Å². The molecule has 0 spiro atoms. The summed E-state index contributed by atoms with van der Waals surface area (Å²) in [4.78, 5) is 10.9. The Bertz CT molecular complexity index is 799. The molecule has 0 aromatic carbocycles. The van der Waals surface area contributed by atoms with E-state index in [2.05, 4.69) is 15.1 Å². The fraction of sp³-hybridized carbons (Fsp3) is 0.353. The van der Waals surface area contributed by atoms with Gasteiger partial charge < -0.3 is 14.4 Å². The maximum Gasteiger partial charge on any atom is 0.217 e. The molecular weight excluding hydrogens is 306 g/mol. The lowest BCUT2D eigenvalue weighted by atomic mass is 10.1. The molecule has 0 fully saturated rings. The molecule has 7 nitrogen and oxygen atoms in total. The van der Waals surface area contributed by atoms with Crippen LogP contribution in [-0.4, -0.2) is 44.6 Å². The number of hydrogen-bond donors (Lipinski definition) is 1. The molecule has 126 valence electrons. The van der Waals surface area contributed by atoms with Crippen LogP contribution >= 0.6 is 0 Å². The van der Waals surface area contributed by atoms with Gasteiger partial charge in [-0.05, 0) is 38.1 Å². The van der Waals surface area contributed by atoms with Crippen molar-refractivity contribution in [3.05, 3.63) is 36.7 Å². The quantitative estimate of drug-likeness (QED) is 0.775. The molecule has 3 heterocycles. The minimum atomic E-state index is -0.917. The van der Waals surface area contributed by atoms with Gasteiger partial charge >= 0.3 is 0 Å². The van der Waals surface area contributed by atoms with Crippen molar-refractivity contribution < 1.29 is 9.52 Å². The van der Waals surface area contributed by atoms with Crippen molar-refractivity contribution in [3.63, 3.8) is 0 Å². The molecule has 0 saturated carbocycles. The Kier molecular flexibility index (Phi) is 4.11. The van der Waals surface area contributed by atoms with Crippen molar-refractivity contribution in [3.8, 4) is 23.0 Å². The lowest BCUT2D eigenvalue weighted by Crippen LogP contribution is -2.27. The van der Waals surface area contributed by atoms with Crippen LogP contribution in [0.3, 0.4) is 0 Å². The lowest BCUT2D eigenvalue weighted by Gasteiger charge is -2.18. The first-order chi connectivity index (χ1) is 11.3. The Balaban J connectivity index is 2.04. The lowest BCUT2D eigenvalue weighted by molar-refractivity contribution is 0.0582. The van der Waals surface area contributed by atoms with Gasteiger partial charge in [0.05, 0.1) is 18.4 Å². The standard InChI is InChI=1S/C17H21N5O2/c1-17(2,23)11-22-16(12-7-8-14(18-10-12)21(3)4)19-15(20-22)13-6-5-9-24-13/h5-10,23H,11H2,1-4H3. The third kappa shape index (κ3) is 3.46. The monoisotopic (exact) mass is 327 g/mol. The van der Waals surface area contributed by atoms with Gasteiger partial charge in [0.15, 0.2) is 11.6 Å². The average Bonchev–Trinajstić information content (AvgIpc) is 3.15. The number of anilines is 1. The zero-order valence-electron chi connectivity index (χ0n) is 14.3. The third-order valence-corrected chi connectivity index (χ3v) is 3.41. The first-order valence-corrected chi connectivity index (χ1v) is 7.68. The minimum Gasteiger partial charge on any atom is -0.461 e. The zero-order chi connectivity index (χ0) is 17.3. The van der Waals surface area contributed by atoms with Crippen LogP contribution < -0.4 is 4.90 Å². The van der Waals surface area contributed by atoms with Gasteiger partial charge in [-0.15, -0.1) is 5.10 Å². The van der Waals surface area contributed by atoms with E-state index in [0.29, 0.717) is 24.0 Å². The first-order valence-electron chi connectivity index (χ1n) is 7.68. The summed E-state index contributed by atoms with van der Waals surface area (Å²) >= 11 is 0. The molecule has 7 heteroatoms. The molecule has 0 saturated heterocycles. The van der Waals surface area contributed by atoms with Crippen LogP contribution in [0.15, 0.2) is 41.1 Å². The molecule has 0 amide bonds. The molecule has 0 bridgehead atoms. The number of aliphatic hydroxyl groups is 1. The largest absolute Gasteiger partial charge is 0.461 e. The number of aromatic nitrogens is 4. The highest BCUT2D eigenvalue weighted by Crippen LogP contribution is 2.24. The molecule has 0 aliphatic heterocycles. The van der Waals surface area contributed by atoms with Crippen LogP contribution in [0.25, 0.3) is 23.0 Å². The van der Waals surface area contributed by atoms with E-state index >= 15 is 0 Å². The highest BCUT2D eigenvalue weighted by Gasteiger charge is 2.21. The van der Waals surface area contributed by atoms with Crippen LogP contribution in [-0.2, 0) is 6.54 Å². The predicted octanol–water partition coefficient (Wildman–Crippen LogP) is 2.44. The smallest absolute Gasteiger partial charge is 0.217 e. The highest BCUT2D eigenvalue weighted by atomic mass is 16.3. The van der Waals surface area contributed by atoms with Gasteiger partial charge in [0.2, 0.25) is 5.82 Å². The number of hydrogen-bond acceptors (Lipinski definition) is 6. The van der Waals surface area contributed by atoms with E-state index < -0.39 is 5.60 Å². The van der Waals surface area contributed by atoms with Crippen molar-refractivity contribution in [1.29, 1.82) is 0 Å². The third-order valence-electron chi connectivity index (χ3n) is 3.41. The normalized spacial score (nSPS) is 11.7. The van der Waals surface area contributed by atoms with E-state index in [1.807, 2.05) is 31.1 Å². The molecule has 1 N–H and O–H groups in total. The molecular formula is C17H21N5O2. The van der Waals surface area contributed by atoms with E-state index in [-0.39, 0.29) is 0 Å². The second-order valence-corrected chi connectivity index (χ2v) is 6.51. The second-order valence-electron chi connectivity index (χ2n) is 6.51. The first kappa shape index (κ1) is 16.2. The van der Waals surface area contributed by atoms with E-state index in [1.54, 1.807) is 43.1 Å². The Morgan fingerprint density at radius 2 is 2.04 bits per heavy atom. The average molecular weight is 327 g/mol. The van der Waals surface area contributed by atoms with Gasteiger partial charge in [0, 0.05) is 25.9 Å². The predicted molar refractivity (Wildman–Crippen MR) is 91.6 cm³/mol. The van der Waals surface area contributed by atoms with E-state index in [1.165, 1.54) is 0 Å². The Morgan fingerprint density at radius 1 is 1.25 bits per heavy atom. The molecule has 0 unspecified atom stereocenters.